The van der Waals surface area contributed by atoms with Crippen LogP contribution in [0.1, 0.15) is 35.4 Å². The molecule has 1 N–H and O–H groups in total. The Morgan fingerprint density at radius 2 is 2.18 bits per heavy atom. The quantitative estimate of drug-likeness (QED) is 0.661. The van der Waals surface area contributed by atoms with E-state index in [0.29, 0.717) is 0 Å². The number of nitrogens with zero attached hydrogens (tertiary/aromatic N) is 1. The van der Waals surface area contributed by atoms with Gasteiger partial charge < -0.3 is 0 Å². The lowest BCUT2D eigenvalue weighted by molar-refractivity contribution is -0.380. The number of nitro groups is 1. The van der Waals surface area contributed by atoms with Crippen LogP contribution in [0.3, 0.4) is 0 Å². The van der Waals surface area contributed by atoms with Crippen LogP contribution in [0.15, 0.2) is 12.1 Å². The molecule has 0 spiro atoms. The summed E-state index contributed by atoms with van der Waals surface area (Å²) in [4.78, 5) is 27.0. The second-order valence-electron chi connectivity index (χ2n) is 3.85. The van der Waals surface area contributed by atoms with Crippen LogP contribution >= 0.6 is 11.3 Å². The molecule has 0 atom stereocenters. The minimum absolute atomic E-state index is 0.0454. The van der Waals surface area contributed by atoms with E-state index in [2.05, 4.69) is 5.48 Å². The van der Waals surface area contributed by atoms with Crippen LogP contribution in [-0.4, -0.2) is 16.9 Å². The molecule has 0 radical (unpaired) electrons. The molecule has 1 fully saturated rings. The Morgan fingerprint density at radius 1 is 1.47 bits per heavy atom. The second kappa shape index (κ2) is 5.24. The van der Waals surface area contributed by atoms with E-state index >= 15 is 0 Å². The Balaban J connectivity index is 1.87. The van der Waals surface area contributed by atoms with E-state index in [-0.39, 0.29) is 16.0 Å². The molecule has 0 bridgehead atoms. The van der Waals surface area contributed by atoms with Gasteiger partial charge in [0.1, 0.15) is 4.88 Å². The molecule has 1 aromatic heterocycles. The number of nitrogens with one attached hydrogen (secondary N) is 1. The zero-order valence-electron chi connectivity index (χ0n) is 9.05. The highest BCUT2D eigenvalue weighted by Gasteiger charge is 2.19. The molecule has 1 saturated carbocycles. The Hall–Kier alpha value is -1.47. The Labute approximate surface area is 102 Å². The average molecular weight is 256 g/mol. The van der Waals surface area contributed by atoms with Crippen LogP contribution in [0.5, 0.6) is 0 Å². The predicted molar refractivity (Wildman–Crippen MR) is 61.8 cm³/mol. The number of thiophene rings is 1. The second-order valence-corrected chi connectivity index (χ2v) is 4.91. The lowest BCUT2D eigenvalue weighted by Crippen LogP contribution is -2.27. The van der Waals surface area contributed by atoms with Crippen molar-refractivity contribution in [3.8, 4) is 0 Å². The van der Waals surface area contributed by atoms with Crippen LogP contribution in [0, 0.1) is 10.1 Å². The zero-order chi connectivity index (χ0) is 12.3. The van der Waals surface area contributed by atoms with Crippen LogP contribution in [0.25, 0.3) is 0 Å². The van der Waals surface area contributed by atoms with Gasteiger partial charge in [0.25, 0.3) is 5.91 Å². The zero-order valence-corrected chi connectivity index (χ0v) is 9.87. The van der Waals surface area contributed by atoms with E-state index < -0.39 is 10.8 Å². The SMILES string of the molecule is O=C(NOC1CCCC1)c1ccc([N+](=O)[O-])s1. The maximum absolute atomic E-state index is 11.6. The molecule has 7 heteroatoms. The van der Waals surface area contributed by atoms with Gasteiger partial charge in [-0.25, -0.2) is 5.48 Å². The van der Waals surface area contributed by atoms with Gasteiger partial charge in [-0.15, -0.1) is 0 Å². The van der Waals surface area contributed by atoms with Gasteiger partial charge in [-0.2, -0.15) is 0 Å². The first-order valence-electron chi connectivity index (χ1n) is 5.37. The van der Waals surface area contributed by atoms with Gasteiger partial charge in [-0.05, 0) is 18.9 Å². The molecule has 1 aromatic rings. The number of hydrogen-bond acceptors (Lipinski definition) is 5. The number of carbonyl (C=O) groups is 1. The summed E-state index contributed by atoms with van der Waals surface area (Å²) in [7, 11) is 0. The van der Waals surface area contributed by atoms with Gasteiger partial charge in [0.05, 0.1) is 11.0 Å². The largest absolute Gasteiger partial charge is 0.324 e. The summed E-state index contributed by atoms with van der Waals surface area (Å²) in [5.41, 5.74) is 2.34. The van der Waals surface area contributed by atoms with Crippen molar-refractivity contribution in [1.29, 1.82) is 0 Å². The molecule has 0 aliphatic heterocycles. The molecule has 0 aromatic carbocycles. The summed E-state index contributed by atoms with van der Waals surface area (Å²) in [6.45, 7) is 0. The van der Waals surface area contributed by atoms with Crippen LogP contribution in [-0.2, 0) is 4.84 Å². The third-order valence-electron chi connectivity index (χ3n) is 2.62. The molecular formula is C10H12N2O4S. The Morgan fingerprint density at radius 3 is 2.76 bits per heavy atom. The monoisotopic (exact) mass is 256 g/mol. The highest BCUT2D eigenvalue weighted by molar-refractivity contribution is 7.17. The first-order chi connectivity index (χ1) is 8.16. The molecule has 2 rings (SSSR count). The molecule has 1 heterocycles. The maximum atomic E-state index is 11.6. The van der Waals surface area contributed by atoms with Gasteiger partial charge >= 0.3 is 5.00 Å². The summed E-state index contributed by atoms with van der Waals surface area (Å²) in [5.74, 6) is -0.421. The highest BCUT2D eigenvalue weighted by Crippen LogP contribution is 2.24. The number of carbonyl (C=O) groups excluding carboxylic acids is 1. The number of rotatable bonds is 4. The Kier molecular flexibility index (Phi) is 3.70. The third-order valence-corrected chi connectivity index (χ3v) is 3.65. The fourth-order valence-electron chi connectivity index (χ4n) is 1.74. The highest BCUT2D eigenvalue weighted by atomic mass is 32.1. The summed E-state index contributed by atoms with van der Waals surface area (Å²) in [5, 5.41) is 10.4. The minimum Gasteiger partial charge on any atom is -0.270 e. The van der Waals surface area contributed by atoms with E-state index in [0.717, 1.165) is 37.0 Å². The summed E-state index contributed by atoms with van der Waals surface area (Å²) in [6.07, 6.45) is 4.21. The number of hydrogen-bond donors (Lipinski definition) is 1. The minimum atomic E-state index is -0.515. The molecule has 1 aliphatic rings. The average Bonchev–Trinajstić information content (AvgIpc) is 2.96. The van der Waals surface area contributed by atoms with E-state index in [1.165, 1.54) is 12.1 Å². The standard InChI is InChI=1S/C10H12N2O4S/c13-10(11-16-7-3-1-2-4-7)8-5-6-9(17-8)12(14)15/h5-7H,1-4H2,(H,11,13). The van der Waals surface area contributed by atoms with Crippen LogP contribution in [0.2, 0.25) is 0 Å². The maximum Gasteiger partial charge on any atom is 0.324 e. The van der Waals surface area contributed by atoms with Gasteiger partial charge in [-0.3, -0.25) is 19.7 Å². The number of hydroxylamine groups is 1. The van der Waals surface area contributed by atoms with Crippen molar-refractivity contribution < 1.29 is 14.6 Å². The van der Waals surface area contributed by atoms with Gasteiger partial charge in [0.15, 0.2) is 0 Å². The van der Waals surface area contributed by atoms with Gasteiger partial charge in [0, 0.05) is 6.07 Å². The predicted octanol–water partition coefficient (Wildman–Crippen LogP) is 2.26. The first-order valence-corrected chi connectivity index (χ1v) is 6.18. The van der Waals surface area contributed by atoms with Crippen molar-refractivity contribution in [2.75, 3.05) is 0 Å². The van der Waals surface area contributed by atoms with Crippen molar-refractivity contribution in [1.82, 2.24) is 5.48 Å². The van der Waals surface area contributed by atoms with Gasteiger partial charge in [0.2, 0.25) is 0 Å². The van der Waals surface area contributed by atoms with Gasteiger partial charge in [-0.1, -0.05) is 24.2 Å². The first kappa shape index (κ1) is 12.0. The fourth-order valence-corrected chi connectivity index (χ4v) is 2.45. The molecule has 1 amide bonds. The van der Waals surface area contributed by atoms with Crippen molar-refractivity contribution in [2.45, 2.75) is 31.8 Å². The van der Waals surface area contributed by atoms with Crippen LogP contribution in [0.4, 0.5) is 5.00 Å². The summed E-state index contributed by atoms with van der Waals surface area (Å²) < 4.78 is 0. The molecule has 1 aliphatic carbocycles. The van der Waals surface area contributed by atoms with E-state index in [9.17, 15) is 14.9 Å². The summed E-state index contributed by atoms with van der Waals surface area (Å²) >= 11 is 0.840. The smallest absolute Gasteiger partial charge is 0.270 e. The van der Waals surface area contributed by atoms with E-state index in [1.807, 2.05) is 0 Å². The van der Waals surface area contributed by atoms with Crippen molar-refractivity contribution in [3.05, 3.63) is 27.1 Å². The molecule has 6 nitrogen and oxygen atoms in total. The molecule has 0 saturated heterocycles. The molecule has 92 valence electrons. The molecule has 17 heavy (non-hydrogen) atoms. The fraction of sp³-hybridized carbons (Fsp3) is 0.500. The Bertz CT molecular complexity index is 426. The van der Waals surface area contributed by atoms with E-state index in [1.54, 1.807) is 0 Å². The topological polar surface area (TPSA) is 81.5 Å². The van der Waals surface area contributed by atoms with Crippen molar-refractivity contribution in [3.63, 3.8) is 0 Å². The lowest BCUT2D eigenvalue weighted by atomic mass is 10.3. The molecule has 0 unspecified atom stereocenters. The normalized spacial score (nSPS) is 16.0. The molecular weight excluding hydrogens is 244 g/mol. The lowest BCUT2D eigenvalue weighted by Gasteiger charge is -2.10. The van der Waals surface area contributed by atoms with Crippen LogP contribution < -0.4 is 5.48 Å². The van der Waals surface area contributed by atoms with E-state index in [4.69, 9.17) is 4.84 Å². The van der Waals surface area contributed by atoms with Crippen molar-refractivity contribution in [2.24, 2.45) is 0 Å². The number of amides is 1. The summed E-state index contributed by atoms with van der Waals surface area (Å²) in [6, 6.07) is 2.74. The third kappa shape index (κ3) is 3.01. The van der Waals surface area contributed by atoms with Crippen molar-refractivity contribution >= 4 is 22.2 Å².